The molecule has 1 N–H and O–H groups in total. The van der Waals surface area contributed by atoms with Crippen molar-refractivity contribution in [2.75, 3.05) is 6.54 Å². The second kappa shape index (κ2) is 7.91. The highest BCUT2D eigenvalue weighted by atomic mass is 32.2. The first kappa shape index (κ1) is 14.9. The van der Waals surface area contributed by atoms with Gasteiger partial charge in [0, 0.05) is 28.6 Å². The molecule has 0 amide bonds. The van der Waals surface area contributed by atoms with E-state index in [1.165, 1.54) is 37.0 Å². The van der Waals surface area contributed by atoms with Crippen molar-refractivity contribution in [1.29, 1.82) is 0 Å². The summed E-state index contributed by atoms with van der Waals surface area (Å²) in [6.45, 7) is 5.73. The fourth-order valence-corrected chi connectivity index (χ4v) is 4.26. The van der Waals surface area contributed by atoms with E-state index in [9.17, 15) is 0 Å². The molecule has 2 nitrogen and oxygen atoms in total. The van der Waals surface area contributed by atoms with Gasteiger partial charge in [-0.3, -0.25) is 4.98 Å². The molecule has 0 radical (unpaired) electrons. The molecule has 1 saturated carbocycles. The maximum absolute atomic E-state index is 4.11. The van der Waals surface area contributed by atoms with Crippen molar-refractivity contribution in [2.24, 2.45) is 5.92 Å². The van der Waals surface area contributed by atoms with E-state index in [-0.39, 0.29) is 0 Å². The molecule has 1 aromatic rings. The molecular weight excluding hydrogens is 252 g/mol. The summed E-state index contributed by atoms with van der Waals surface area (Å²) in [5, 5.41) is 4.47. The molecule has 106 valence electrons. The molecule has 3 heteroatoms. The van der Waals surface area contributed by atoms with E-state index in [0.717, 1.165) is 12.5 Å². The highest BCUT2D eigenvalue weighted by Gasteiger charge is 2.29. The van der Waals surface area contributed by atoms with Gasteiger partial charge in [-0.15, -0.1) is 11.8 Å². The number of rotatable bonds is 6. The van der Waals surface area contributed by atoms with Gasteiger partial charge in [0.15, 0.2) is 0 Å². The van der Waals surface area contributed by atoms with Crippen LogP contribution in [0.4, 0.5) is 0 Å². The molecule has 1 heterocycles. The Morgan fingerprint density at radius 1 is 1.26 bits per heavy atom. The van der Waals surface area contributed by atoms with Gasteiger partial charge in [0.05, 0.1) is 0 Å². The summed E-state index contributed by atoms with van der Waals surface area (Å²) in [7, 11) is 0. The molecule has 0 aromatic carbocycles. The lowest BCUT2D eigenvalue weighted by atomic mass is 9.84. The van der Waals surface area contributed by atoms with E-state index in [1.54, 1.807) is 0 Å². The first-order valence-electron chi connectivity index (χ1n) is 7.63. The molecule has 1 aliphatic carbocycles. The largest absolute Gasteiger partial charge is 0.313 e. The molecular formula is C16H26N2S. The van der Waals surface area contributed by atoms with Crippen molar-refractivity contribution in [3.8, 4) is 0 Å². The van der Waals surface area contributed by atoms with Gasteiger partial charge in [-0.25, -0.2) is 0 Å². The highest BCUT2D eigenvalue weighted by Crippen LogP contribution is 2.37. The summed E-state index contributed by atoms with van der Waals surface area (Å²) < 4.78 is 0. The molecule has 1 fully saturated rings. The lowest BCUT2D eigenvalue weighted by molar-refractivity contribution is 0.295. The van der Waals surface area contributed by atoms with Crippen molar-refractivity contribution >= 4 is 11.8 Å². The van der Waals surface area contributed by atoms with E-state index in [2.05, 4.69) is 36.3 Å². The normalized spacial score (nSPS) is 27.4. The minimum Gasteiger partial charge on any atom is -0.313 e. The minimum atomic E-state index is 0.681. The Labute approximate surface area is 121 Å². The van der Waals surface area contributed by atoms with Crippen LogP contribution in [0, 0.1) is 5.92 Å². The molecule has 2 rings (SSSR count). The van der Waals surface area contributed by atoms with Gasteiger partial charge in [-0.1, -0.05) is 20.3 Å². The molecule has 1 aliphatic rings. The second-order valence-corrected chi connectivity index (χ2v) is 6.80. The summed E-state index contributed by atoms with van der Waals surface area (Å²) in [6.07, 6.45) is 10.4. The molecule has 0 aliphatic heterocycles. The summed E-state index contributed by atoms with van der Waals surface area (Å²) in [4.78, 5) is 5.47. The van der Waals surface area contributed by atoms with E-state index >= 15 is 0 Å². The zero-order valence-electron chi connectivity index (χ0n) is 12.1. The smallest absolute Gasteiger partial charge is 0.0278 e. The predicted molar refractivity (Wildman–Crippen MR) is 83.6 cm³/mol. The van der Waals surface area contributed by atoms with Gasteiger partial charge in [-0.2, -0.15) is 0 Å². The van der Waals surface area contributed by atoms with Gasteiger partial charge in [0.1, 0.15) is 0 Å². The topological polar surface area (TPSA) is 24.9 Å². The lowest BCUT2D eigenvalue weighted by Gasteiger charge is -2.36. The van der Waals surface area contributed by atoms with Crippen LogP contribution in [0.1, 0.15) is 46.0 Å². The summed E-state index contributed by atoms with van der Waals surface area (Å²) in [6, 6.07) is 4.95. The predicted octanol–water partition coefficient (Wildman–Crippen LogP) is 4.12. The molecule has 19 heavy (non-hydrogen) atoms. The van der Waals surface area contributed by atoms with Crippen LogP contribution in [0.5, 0.6) is 0 Å². The summed E-state index contributed by atoms with van der Waals surface area (Å²) in [5.74, 6) is 0.916. The average molecular weight is 278 g/mol. The Morgan fingerprint density at radius 2 is 2.05 bits per heavy atom. The third-order valence-electron chi connectivity index (χ3n) is 4.07. The van der Waals surface area contributed by atoms with Crippen LogP contribution in [-0.4, -0.2) is 22.8 Å². The SMILES string of the molecule is CCCNC1CCC(CC)CC1Sc1ccncc1. The number of thioether (sulfide) groups is 1. The monoisotopic (exact) mass is 278 g/mol. The Hall–Kier alpha value is -0.540. The van der Waals surface area contributed by atoms with Gasteiger partial charge >= 0.3 is 0 Å². The number of hydrogen-bond acceptors (Lipinski definition) is 3. The van der Waals surface area contributed by atoms with Crippen LogP contribution >= 0.6 is 11.8 Å². The van der Waals surface area contributed by atoms with Crippen LogP contribution in [0.15, 0.2) is 29.4 Å². The molecule has 0 spiro atoms. The van der Waals surface area contributed by atoms with Gasteiger partial charge in [0.2, 0.25) is 0 Å². The number of aromatic nitrogens is 1. The zero-order chi connectivity index (χ0) is 13.5. The minimum absolute atomic E-state index is 0.681. The van der Waals surface area contributed by atoms with Crippen molar-refractivity contribution in [2.45, 2.75) is 62.1 Å². The third-order valence-corrected chi connectivity index (χ3v) is 5.44. The van der Waals surface area contributed by atoms with Gasteiger partial charge < -0.3 is 5.32 Å². The van der Waals surface area contributed by atoms with E-state index in [0.29, 0.717) is 11.3 Å². The fraction of sp³-hybridized carbons (Fsp3) is 0.688. The summed E-state index contributed by atoms with van der Waals surface area (Å²) >= 11 is 2.04. The standard InChI is InChI=1S/C16H26N2S/c1-3-9-18-15-6-5-13(4-2)12-16(15)19-14-7-10-17-11-8-14/h7-8,10-11,13,15-16,18H,3-6,9,12H2,1-2H3. The average Bonchev–Trinajstić information content (AvgIpc) is 2.47. The zero-order valence-corrected chi connectivity index (χ0v) is 13.0. The molecule has 3 unspecified atom stereocenters. The van der Waals surface area contributed by atoms with Crippen molar-refractivity contribution in [1.82, 2.24) is 10.3 Å². The van der Waals surface area contributed by atoms with Crippen LogP contribution in [0.2, 0.25) is 0 Å². The first-order chi connectivity index (χ1) is 9.33. The Kier molecular flexibility index (Phi) is 6.18. The van der Waals surface area contributed by atoms with E-state index < -0.39 is 0 Å². The number of nitrogens with zero attached hydrogens (tertiary/aromatic N) is 1. The van der Waals surface area contributed by atoms with Crippen LogP contribution in [0.3, 0.4) is 0 Å². The van der Waals surface area contributed by atoms with Gasteiger partial charge in [0.25, 0.3) is 0 Å². The third kappa shape index (κ3) is 4.50. The fourth-order valence-electron chi connectivity index (χ4n) is 2.87. The lowest BCUT2D eigenvalue weighted by Crippen LogP contribution is -2.42. The summed E-state index contributed by atoms with van der Waals surface area (Å²) in [5.41, 5.74) is 0. The van der Waals surface area contributed by atoms with Crippen LogP contribution in [-0.2, 0) is 0 Å². The second-order valence-electron chi connectivity index (χ2n) is 5.49. The molecule has 3 atom stereocenters. The van der Waals surface area contributed by atoms with E-state index in [4.69, 9.17) is 0 Å². The van der Waals surface area contributed by atoms with Crippen LogP contribution in [0.25, 0.3) is 0 Å². The van der Waals surface area contributed by atoms with Crippen LogP contribution < -0.4 is 5.32 Å². The quantitative estimate of drug-likeness (QED) is 0.847. The Morgan fingerprint density at radius 3 is 2.74 bits per heavy atom. The first-order valence-corrected chi connectivity index (χ1v) is 8.51. The molecule has 0 saturated heterocycles. The van der Waals surface area contributed by atoms with Gasteiger partial charge in [-0.05, 0) is 50.3 Å². The molecule has 1 aromatic heterocycles. The maximum Gasteiger partial charge on any atom is 0.0278 e. The van der Waals surface area contributed by atoms with Crippen molar-refractivity contribution in [3.63, 3.8) is 0 Å². The van der Waals surface area contributed by atoms with Crippen molar-refractivity contribution in [3.05, 3.63) is 24.5 Å². The Balaban J connectivity index is 1.98. The van der Waals surface area contributed by atoms with Crippen molar-refractivity contribution < 1.29 is 0 Å². The number of pyridine rings is 1. The maximum atomic E-state index is 4.11. The Bertz CT molecular complexity index is 355. The highest BCUT2D eigenvalue weighted by molar-refractivity contribution is 8.00. The molecule has 0 bridgehead atoms. The number of hydrogen-bond donors (Lipinski definition) is 1. The van der Waals surface area contributed by atoms with E-state index in [1.807, 2.05) is 24.2 Å². The number of nitrogens with one attached hydrogen (secondary N) is 1.